The first-order chi connectivity index (χ1) is 8.11. The van der Waals surface area contributed by atoms with Gasteiger partial charge in [0.05, 0.1) is 7.11 Å². The minimum absolute atomic E-state index is 0.0109. The summed E-state index contributed by atoms with van der Waals surface area (Å²) in [4.78, 5) is 0. The lowest BCUT2D eigenvalue weighted by Gasteiger charge is -2.09. The van der Waals surface area contributed by atoms with Crippen molar-refractivity contribution in [1.82, 2.24) is 0 Å². The molecular weight excluding hydrogens is 221 g/mol. The zero-order chi connectivity index (χ0) is 12.4. The third kappa shape index (κ3) is 2.15. The molecule has 0 unspecified atom stereocenters. The SMILES string of the molecule is COc1ccc(-c2cc(F)ccc2O)c(N)c1. The van der Waals surface area contributed by atoms with Crippen LogP contribution in [0.25, 0.3) is 11.1 Å². The molecule has 3 N–H and O–H groups in total. The van der Waals surface area contributed by atoms with Crippen LogP contribution in [0.5, 0.6) is 11.5 Å². The van der Waals surface area contributed by atoms with Gasteiger partial charge in [-0.25, -0.2) is 4.39 Å². The van der Waals surface area contributed by atoms with E-state index >= 15 is 0 Å². The summed E-state index contributed by atoms with van der Waals surface area (Å²) in [6.45, 7) is 0. The average Bonchev–Trinajstić information content (AvgIpc) is 2.32. The second-order valence-electron chi connectivity index (χ2n) is 3.61. The van der Waals surface area contributed by atoms with Crippen molar-refractivity contribution in [2.45, 2.75) is 0 Å². The van der Waals surface area contributed by atoms with Gasteiger partial charge in [-0.1, -0.05) is 0 Å². The lowest BCUT2D eigenvalue weighted by Crippen LogP contribution is -1.92. The van der Waals surface area contributed by atoms with Gasteiger partial charge in [-0.2, -0.15) is 0 Å². The fourth-order valence-electron chi connectivity index (χ4n) is 1.64. The van der Waals surface area contributed by atoms with E-state index in [0.29, 0.717) is 22.6 Å². The number of hydrogen-bond acceptors (Lipinski definition) is 3. The smallest absolute Gasteiger partial charge is 0.124 e. The number of anilines is 1. The Balaban J connectivity index is 2.56. The van der Waals surface area contributed by atoms with E-state index < -0.39 is 5.82 Å². The maximum Gasteiger partial charge on any atom is 0.124 e. The molecular formula is C13H12FNO2. The highest BCUT2D eigenvalue weighted by Crippen LogP contribution is 2.35. The van der Waals surface area contributed by atoms with Gasteiger partial charge in [-0.3, -0.25) is 0 Å². The lowest BCUT2D eigenvalue weighted by atomic mass is 10.0. The molecule has 3 nitrogen and oxygen atoms in total. The standard InChI is InChI=1S/C13H12FNO2/c1-17-9-3-4-10(12(15)7-9)11-6-8(14)2-5-13(11)16/h2-7,16H,15H2,1H3. The number of ether oxygens (including phenoxy) is 1. The molecule has 0 saturated heterocycles. The molecule has 4 heteroatoms. The fourth-order valence-corrected chi connectivity index (χ4v) is 1.64. The highest BCUT2D eigenvalue weighted by Gasteiger charge is 2.09. The molecule has 0 aromatic heterocycles. The molecule has 0 spiro atoms. The van der Waals surface area contributed by atoms with Gasteiger partial charge in [0.1, 0.15) is 17.3 Å². The van der Waals surface area contributed by atoms with Gasteiger partial charge in [-0.15, -0.1) is 0 Å². The van der Waals surface area contributed by atoms with E-state index in [4.69, 9.17) is 10.5 Å². The average molecular weight is 233 g/mol. The molecule has 0 saturated carbocycles. The Morgan fingerprint density at radius 3 is 2.53 bits per heavy atom. The Labute approximate surface area is 98.3 Å². The predicted molar refractivity (Wildman–Crippen MR) is 64.5 cm³/mol. The maximum absolute atomic E-state index is 13.1. The van der Waals surface area contributed by atoms with Crippen LogP contribution < -0.4 is 10.5 Å². The molecule has 17 heavy (non-hydrogen) atoms. The fraction of sp³-hybridized carbons (Fsp3) is 0.0769. The number of aromatic hydroxyl groups is 1. The van der Waals surface area contributed by atoms with Crippen LogP contribution >= 0.6 is 0 Å². The van der Waals surface area contributed by atoms with Crippen molar-refractivity contribution in [3.8, 4) is 22.6 Å². The third-order valence-corrected chi connectivity index (χ3v) is 2.51. The Morgan fingerprint density at radius 1 is 1.12 bits per heavy atom. The summed E-state index contributed by atoms with van der Waals surface area (Å²) in [5.74, 6) is 0.179. The molecule has 0 atom stereocenters. The minimum Gasteiger partial charge on any atom is -0.507 e. The van der Waals surface area contributed by atoms with Crippen molar-refractivity contribution in [2.24, 2.45) is 0 Å². The highest BCUT2D eigenvalue weighted by atomic mass is 19.1. The number of nitrogen functional groups attached to an aromatic ring is 1. The monoisotopic (exact) mass is 233 g/mol. The topological polar surface area (TPSA) is 55.5 Å². The second kappa shape index (κ2) is 4.33. The third-order valence-electron chi connectivity index (χ3n) is 2.51. The maximum atomic E-state index is 13.1. The lowest BCUT2D eigenvalue weighted by molar-refractivity contribution is 0.415. The number of phenols is 1. The van der Waals surface area contributed by atoms with E-state index in [0.717, 1.165) is 0 Å². The summed E-state index contributed by atoms with van der Waals surface area (Å²) in [6, 6.07) is 8.75. The van der Waals surface area contributed by atoms with Crippen molar-refractivity contribution in [3.63, 3.8) is 0 Å². The summed E-state index contributed by atoms with van der Waals surface area (Å²) in [5.41, 5.74) is 7.19. The van der Waals surface area contributed by atoms with Gasteiger partial charge in [-0.05, 0) is 30.3 Å². The summed E-state index contributed by atoms with van der Waals surface area (Å²) < 4.78 is 18.2. The van der Waals surface area contributed by atoms with Crippen LogP contribution in [-0.4, -0.2) is 12.2 Å². The highest BCUT2D eigenvalue weighted by molar-refractivity contribution is 5.81. The van der Waals surface area contributed by atoms with Crippen molar-refractivity contribution in [1.29, 1.82) is 0 Å². The van der Waals surface area contributed by atoms with E-state index in [-0.39, 0.29) is 5.75 Å². The van der Waals surface area contributed by atoms with Crippen molar-refractivity contribution in [3.05, 3.63) is 42.2 Å². The van der Waals surface area contributed by atoms with E-state index in [9.17, 15) is 9.50 Å². The molecule has 0 aliphatic heterocycles. The van der Waals surface area contributed by atoms with Gasteiger partial charge < -0.3 is 15.6 Å². The van der Waals surface area contributed by atoms with E-state index in [1.54, 1.807) is 18.2 Å². The van der Waals surface area contributed by atoms with Crippen molar-refractivity contribution in [2.75, 3.05) is 12.8 Å². The van der Waals surface area contributed by atoms with Gasteiger partial charge >= 0.3 is 0 Å². The van der Waals surface area contributed by atoms with Gasteiger partial charge in [0.15, 0.2) is 0 Å². The minimum atomic E-state index is -0.423. The Hall–Kier alpha value is -2.23. The van der Waals surface area contributed by atoms with Crippen LogP contribution in [0.15, 0.2) is 36.4 Å². The van der Waals surface area contributed by atoms with Crippen LogP contribution in [0.3, 0.4) is 0 Å². The molecule has 0 aliphatic rings. The molecule has 0 heterocycles. The molecule has 2 rings (SSSR count). The summed E-state index contributed by atoms with van der Waals surface area (Å²) >= 11 is 0. The van der Waals surface area contributed by atoms with Crippen LogP contribution in [0, 0.1) is 5.82 Å². The van der Waals surface area contributed by atoms with Crippen LogP contribution in [-0.2, 0) is 0 Å². The first kappa shape index (κ1) is 11.3. The molecule has 0 bridgehead atoms. The molecule has 88 valence electrons. The van der Waals surface area contributed by atoms with Gasteiger partial charge in [0.25, 0.3) is 0 Å². The van der Waals surface area contributed by atoms with Crippen LogP contribution in [0.2, 0.25) is 0 Å². The normalized spacial score (nSPS) is 10.2. The summed E-state index contributed by atoms with van der Waals surface area (Å²) in [6.07, 6.45) is 0. The van der Waals surface area contributed by atoms with Crippen molar-refractivity contribution >= 4 is 5.69 Å². The first-order valence-corrected chi connectivity index (χ1v) is 5.04. The quantitative estimate of drug-likeness (QED) is 0.784. The number of hydrogen-bond donors (Lipinski definition) is 2. The van der Waals surface area contributed by atoms with E-state index in [2.05, 4.69) is 0 Å². The molecule has 2 aromatic carbocycles. The van der Waals surface area contributed by atoms with Gasteiger partial charge in [0, 0.05) is 22.9 Å². The van der Waals surface area contributed by atoms with Crippen LogP contribution in [0.1, 0.15) is 0 Å². The Bertz CT molecular complexity index is 555. The Morgan fingerprint density at radius 2 is 1.88 bits per heavy atom. The number of methoxy groups -OCH3 is 1. The van der Waals surface area contributed by atoms with Crippen molar-refractivity contribution < 1.29 is 14.2 Å². The Kier molecular flexibility index (Phi) is 2.87. The largest absolute Gasteiger partial charge is 0.507 e. The number of halogens is 1. The second-order valence-corrected chi connectivity index (χ2v) is 3.61. The molecule has 2 aromatic rings. The summed E-state index contributed by atoms with van der Waals surface area (Å²) in [7, 11) is 1.54. The number of nitrogens with two attached hydrogens (primary N) is 1. The first-order valence-electron chi connectivity index (χ1n) is 5.04. The summed E-state index contributed by atoms with van der Waals surface area (Å²) in [5, 5.41) is 9.69. The molecule has 0 aliphatic carbocycles. The molecule has 0 fully saturated rings. The van der Waals surface area contributed by atoms with E-state index in [1.165, 1.54) is 25.3 Å². The zero-order valence-electron chi connectivity index (χ0n) is 9.27. The number of benzene rings is 2. The van der Waals surface area contributed by atoms with E-state index in [1.807, 2.05) is 0 Å². The molecule has 0 amide bonds. The zero-order valence-corrected chi connectivity index (χ0v) is 9.27. The number of rotatable bonds is 2. The predicted octanol–water partition coefficient (Wildman–Crippen LogP) is 2.79. The van der Waals surface area contributed by atoms with Gasteiger partial charge in [0.2, 0.25) is 0 Å². The molecule has 0 radical (unpaired) electrons. The number of phenolic OH excluding ortho intramolecular Hbond substituents is 1. The van der Waals surface area contributed by atoms with Crippen LogP contribution in [0.4, 0.5) is 10.1 Å².